The van der Waals surface area contributed by atoms with Gasteiger partial charge >= 0.3 is 5.97 Å². The van der Waals surface area contributed by atoms with Gasteiger partial charge in [0.2, 0.25) is 5.88 Å². The zero-order chi connectivity index (χ0) is 15.2. The minimum absolute atomic E-state index is 0.0213. The van der Waals surface area contributed by atoms with E-state index in [2.05, 4.69) is 15.3 Å². The molecule has 0 saturated heterocycles. The SMILES string of the molecule is CCCOc1cncc(Nc2ccc(Cl)c(C(=O)O)c2)n1. The van der Waals surface area contributed by atoms with Gasteiger partial charge < -0.3 is 15.2 Å². The van der Waals surface area contributed by atoms with Crippen LogP contribution in [0.25, 0.3) is 0 Å². The second-order valence-electron chi connectivity index (χ2n) is 4.22. The minimum atomic E-state index is -1.09. The number of rotatable bonds is 6. The number of hydrogen-bond donors (Lipinski definition) is 2. The third kappa shape index (κ3) is 4.06. The molecule has 0 amide bonds. The van der Waals surface area contributed by atoms with Gasteiger partial charge in [-0.3, -0.25) is 4.98 Å². The summed E-state index contributed by atoms with van der Waals surface area (Å²) in [5, 5.41) is 12.2. The molecule has 0 aliphatic carbocycles. The predicted octanol–water partition coefficient (Wildman–Crippen LogP) is 3.36. The van der Waals surface area contributed by atoms with Gasteiger partial charge in [-0.1, -0.05) is 18.5 Å². The molecule has 0 spiro atoms. The highest BCUT2D eigenvalue weighted by atomic mass is 35.5. The maximum Gasteiger partial charge on any atom is 0.337 e. The molecule has 7 heteroatoms. The van der Waals surface area contributed by atoms with Crippen molar-refractivity contribution in [2.75, 3.05) is 11.9 Å². The Hall–Kier alpha value is -2.34. The number of ether oxygens (including phenoxy) is 1. The van der Waals surface area contributed by atoms with Crippen LogP contribution in [-0.2, 0) is 0 Å². The van der Waals surface area contributed by atoms with E-state index < -0.39 is 5.97 Å². The van der Waals surface area contributed by atoms with Crippen molar-refractivity contribution in [3.05, 3.63) is 41.2 Å². The molecule has 0 unspecified atom stereocenters. The van der Waals surface area contributed by atoms with E-state index in [0.29, 0.717) is 24.0 Å². The van der Waals surface area contributed by atoms with Crippen molar-refractivity contribution in [2.24, 2.45) is 0 Å². The van der Waals surface area contributed by atoms with Gasteiger partial charge in [-0.15, -0.1) is 0 Å². The molecular weight excluding hydrogens is 294 g/mol. The number of halogens is 1. The zero-order valence-electron chi connectivity index (χ0n) is 11.3. The standard InChI is InChI=1S/C14H14ClN3O3/c1-2-5-21-13-8-16-7-12(18-13)17-9-3-4-11(15)10(6-9)14(19)20/h3-4,6-8H,2,5H2,1H3,(H,17,18)(H,19,20). The van der Waals surface area contributed by atoms with Gasteiger partial charge in [0, 0.05) is 5.69 Å². The first-order valence-corrected chi connectivity index (χ1v) is 6.72. The van der Waals surface area contributed by atoms with Gasteiger partial charge in [-0.25, -0.2) is 4.79 Å². The van der Waals surface area contributed by atoms with E-state index in [0.717, 1.165) is 6.42 Å². The smallest absolute Gasteiger partial charge is 0.337 e. The number of carboxylic acids is 1. The maximum absolute atomic E-state index is 11.0. The Bertz CT molecular complexity index is 649. The number of anilines is 2. The lowest BCUT2D eigenvalue weighted by atomic mass is 10.2. The molecule has 21 heavy (non-hydrogen) atoms. The van der Waals surface area contributed by atoms with Gasteiger partial charge in [0.1, 0.15) is 0 Å². The number of nitrogens with one attached hydrogen (secondary N) is 1. The molecule has 0 fully saturated rings. The summed E-state index contributed by atoms with van der Waals surface area (Å²) in [6, 6.07) is 4.61. The average Bonchev–Trinajstić information content (AvgIpc) is 2.47. The molecule has 0 aliphatic heterocycles. The molecule has 1 aromatic heterocycles. The molecule has 110 valence electrons. The van der Waals surface area contributed by atoms with E-state index in [1.54, 1.807) is 6.07 Å². The Labute approximate surface area is 126 Å². The summed E-state index contributed by atoms with van der Waals surface area (Å²) in [6.07, 6.45) is 3.91. The lowest BCUT2D eigenvalue weighted by molar-refractivity contribution is 0.0697. The van der Waals surface area contributed by atoms with Crippen molar-refractivity contribution >= 4 is 29.1 Å². The van der Waals surface area contributed by atoms with Crippen LogP contribution in [0, 0.1) is 0 Å². The molecule has 2 rings (SSSR count). The molecule has 0 atom stereocenters. The molecule has 2 aromatic rings. The molecule has 0 bridgehead atoms. The molecule has 0 saturated carbocycles. The molecule has 6 nitrogen and oxygen atoms in total. The number of benzene rings is 1. The van der Waals surface area contributed by atoms with Crippen LogP contribution in [0.2, 0.25) is 5.02 Å². The fourth-order valence-corrected chi connectivity index (χ4v) is 1.80. The highest BCUT2D eigenvalue weighted by Crippen LogP contribution is 2.23. The van der Waals surface area contributed by atoms with E-state index in [9.17, 15) is 4.79 Å². The quantitative estimate of drug-likeness (QED) is 0.851. The number of hydrogen-bond acceptors (Lipinski definition) is 5. The molecule has 2 N–H and O–H groups in total. The van der Waals surface area contributed by atoms with E-state index in [-0.39, 0.29) is 10.6 Å². The van der Waals surface area contributed by atoms with Crippen molar-refractivity contribution in [1.29, 1.82) is 0 Å². The third-order valence-electron chi connectivity index (χ3n) is 2.54. The van der Waals surface area contributed by atoms with E-state index in [4.69, 9.17) is 21.4 Å². The normalized spacial score (nSPS) is 10.2. The van der Waals surface area contributed by atoms with Crippen LogP contribution in [0.3, 0.4) is 0 Å². The largest absolute Gasteiger partial charge is 0.478 e. The van der Waals surface area contributed by atoms with Gasteiger partial charge in [0.25, 0.3) is 0 Å². The zero-order valence-corrected chi connectivity index (χ0v) is 12.1. The Morgan fingerprint density at radius 3 is 2.95 bits per heavy atom. The highest BCUT2D eigenvalue weighted by molar-refractivity contribution is 6.33. The van der Waals surface area contributed by atoms with Gasteiger partial charge in [-0.2, -0.15) is 4.98 Å². The first kappa shape index (κ1) is 15.1. The lowest BCUT2D eigenvalue weighted by Crippen LogP contribution is -2.02. The second kappa shape index (κ2) is 6.90. The van der Waals surface area contributed by atoms with Crippen LogP contribution in [0.4, 0.5) is 11.5 Å². The Morgan fingerprint density at radius 1 is 1.43 bits per heavy atom. The van der Waals surface area contributed by atoms with E-state index in [1.165, 1.54) is 24.5 Å². The Morgan fingerprint density at radius 2 is 2.24 bits per heavy atom. The average molecular weight is 308 g/mol. The number of aromatic nitrogens is 2. The van der Waals surface area contributed by atoms with Crippen molar-refractivity contribution in [3.63, 3.8) is 0 Å². The van der Waals surface area contributed by atoms with Gasteiger partial charge in [0.05, 0.1) is 29.6 Å². The molecule has 1 heterocycles. The summed E-state index contributed by atoms with van der Waals surface area (Å²) in [5.74, 6) is -0.216. The minimum Gasteiger partial charge on any atom is -0.478 e. The number of carboxylic acid groups (broad SMARTS) is 1. The number of carbonyl (C=O) groups is 1. The predicted molar refractivity (Wildman–Crippen MR) is 79.5 cm³/mol. The number of nitrogens with zero attached hydrogens (tertiary/aromatic N) is 2. The summed E-state index contributed by atoms with van der Waals surface area (Å²) < 4.78 is 5.39. The molecular formula is C14H14ClN3O3. The topological polar surface area (TPSA) is 84.3 Å². The molecule has 0 aliphatic rings. The maximum atomic E-state index is 11.0. The lowest BCUT2D eigenvalue weighted by Gasteiger charge is -2.09. The monoisotopic (exact) mass is 307 g/mol. The van der Waals surface area contributed by atoms with Crippen molar-refractivity contribution in [2.45, 2.75) is 13.3 Å². The number of aromatic carboxylic acids is 1. The van der Waals surface area contributed by atoms with E-state index in [1.807, 2.05) is 6.92 Å². The van der Waals surface area contributed by atoms with Crippen molar-refractivity contribution in [1.82, 2.24) is 9.97 Å². The van der Waals surface area contributed by atoms with Crippen LogP contribution < -0.4 is 10.1 Å². The fourth-order valence-electron chi connectivity index (χ4n) is 1.60. The summed E-state index contributed by atoms with van der Waals surface area (Å²) in [6.45, 7) is 2.55. The molecule has 1 aromatic carbocycles. The molecule has 0 radical (unpaired) electrons. The first-order chi connectivity index (χ1) is 10.1. The van der Waals surface area contributed by atoms with Gasteiger partial charge in [-0.05, 0) is 24.6 Å². The van der Waals surface area contributed by atoms with Crippen LogP contribution in [0.15, 0.2) is 30.6 Å². The Balaban J connectivity index is 2.18. The summed E-state index contributed by atoms with van der Waals surface area (Å²) in [4.78, 5) is 19.3. The summed E-state index contributed by atoms with van der Waals surface area (Å²) in [7, 11) is 0. The summed E-state index contributed by atoms with van der Waals surface area (Å²) >= 11 is 5.82. The highest BCUT2D eigenvalue weighted by Gasteiger charge is 2.10. The van der Waals surface area contributed by atoms with Crippen LogP contribution in [0.1, 0.15) is 23.7 Å². The fraction of sp³-hybridized carbons (Fsp3) is 0.214. The third-order valence-corrected chi connectivity index (χ3v) is 2.87. The van der Waals surface area contributed by atoms with Crippen molar-refractivity contribution < 1.29 is 14.6 Å². The summed E-state index contributed by atoms with van der Waals surface area (Å²) in [5.41, 5.74) is 0.576. The van der Waals surface area contributed by atoms with Crippen LogP contribution in [0.5, 0.6) is 5.88 Å². The van der Waals surface area contributed by atoms with Crippen molar-refractivity contribution in [3.8, 4) is 5.88 Å². The van der Waals surface area contributed by atoms with E-state index >= 15 is 0 Å². The first-order valence-electron chi connectivity index (χ1n) is 6.35. The Kier molecular flexibility index (Phi) is 4.94. The van der Waals surface area contributed by atoms with Crippen LogP contribution in [-0.4, -0.2) is 27.7 Å². The van der Waals surface area contributed by atoms with Gasteiger partial charge in [0.15, 0.2) is 5.82 Å². The second-order valence-corrected chi connectivity index (χ2v) is 4.62. The van der Waals surface area contributed by atoms with Crippen LogP contribution >= 0.6 is 11.6 Å².